The maximum atomic E-state index is 2.43. The van der Waals surface area contributed by atoms with Crippen molar-refractivity contribution in [2.75, 3.05) is 0 Å². The third-order valence-corrected chi connectivity index (χ3v) is 3.82. The van der Waals surface area contributed by atoms with E-state index in [1.807, 2.05) is 0 Å². The first-order chi connectivity index (χ1) is 7.31. The highest BCUT2D eigenvalue weighted by atomic mass is 14.2. The zero-order valence-corrected chi connectivity index (χ0v) is 10.1. The first-order valence-electron chi connectivity index (χ1n) is 6.40. The summed E-state index contributed by atoms with van der Waals surface area (Å²) in [6.07, 6.45) is 8.29. The van der Waals surface area contributed by atoms with Gasteiger partial charge in [0.1, 0.15) is 0 Å². The van der Waals surface area contributed by atoms with Crippen LogP contribution in [-0.2, 0) is 6.42 Å². The van der Waals surface area contributed by atoms with Crippen LogP contribution >= 0.6 is 0 Å². The van der Waals surface area contributed by atoms with Gasteiger partial charge >= 0.3 is 0 Å². The lowest BCUT2D eigenvalue weighted by molar-refractivity contribution is 0.443. The normalized spacial score (nSPS) is 18.0. The van der Waals surface area contributed by atoms with E-state index in [-0.39, 0.29) is 0 Å². The molecule has 0 heteroatoms. The average Bonchev–Trinajstić information content (AvgIpc) is 2.30. The topological polar surface area (TPSA) is 0 Å². The van der Waals surface area contributed by atoms with Gasteiger partial charge in [0, 0.05) is 0 Å². The maximum Gasteiger partial charge on any atom is -0.0162 e. The Bertz CT molecular complexity index is 319. The van der Waals surface area contributed by atoms with Crippen LogP contribution in [0.15, 0.2) is 18.2 Å². The van der Waals surface area contributed by atoms with Crippen molar-refractivity contribution in [1.29, 1.82) is 0 Å². The van der Waals surface area contributed by atoms with E-state index >= 15 is 0 Å². The summed E-state index contributed by atoms with van der Waals surface area (Å²) >= 11 is 0. The quantitative estimate of drug-likeness (QED) is 0.657. The van der Waals surface area contributed by atoms with E-state index in [1.54, 1.807) is 5.56 Å². The highest BCUT2D eigenvalue weighted by Crippen LogP contribution is 2.33. The zero-order valence-electron chi connectivity index (χ0n) is 10.1. The van der Waals surface area contributed by atoms with E-state index < -0.39 is 0 Å². The molecule has 0 heterocycles. The van der Waals surface area contributed by atoms with Crippen molar-refractivity contribution < 1.29 is 0 Å². The van der Waals surface area contributed by atoms with Crippen LogP contribution in [0.3, 0.4) is 0 Å². The van der Waals surface area contributed by atoms with Crippen molar-refractivity contribution in [2.24, 2.45) is 0 Å². The van der Waals surface area contributed by atoms with Gasteiger partial charge in [-0.05, 0) is 48.8 Å². The van der Waals surface area contributed by atoms with Crippen LogP contribution in [0.25, 0.3) is 0 Å². The Balaban J connectivity index is 2.17. The van der Waals surface area contributed by atoms with Crippen molar-refractivity contribution in [3.05, 3.63) is 34.9 Å². The van der Waals surface area contributed by atoms with Crippen molar-refractivity contribution in [3.63, 3.8) is 0 Å². The molecule has 1 aromatic carbocycles. The molecule has 0 radical (unpaired) electrons. The van der Waals surface area contributed by atoms with E-state index in [4.69, 9.17) is 0 Å². The van der Waals surface area contributed by atoms with Crippen LogP contribution in [0, 0.1) is 6.92 Å². The van der Waals surface area contributed by atoms with Gasteiger partial charge in [-0.15, -0.1) is 0 Å². The standard InChI is InChI=1S/C15H22/c1-3-13-9-10-15(11-12(13)2)14-7-5-4-6-8-14/h9-11,14H,3-8H2,1-2H3. The number of aryl methyl sites for hydroxylation is 2. The van der Waals surface area contributed by atoms with Crippen LogP contribution in [0.1, 0.15) is 61.6 Å². The third-order valence-electron chi connectivity index (χ3n) is 3.82. The van der Waals surface area contributed by atoms with E-state index in [2.05, 4.69) is 32.0 Å². The molecular weight excluding hydrogens is 180 g/mol. The smallest absolute Gasteiger partial charge is 0.0162 e. The summed E-state index contributed by atoms with van der Waals surface area (Å²) in [5.74, 6) is 0.850. The molecule has 0 N–H and O–H groups in total. The Labute approximate surface area is 93.7 Å². The molecule has 1 aromatic rings. The van der Waals surface area contributed by atoms with Gasteiger partial charge in [0.25, 0.3) is 0 Å². The van der Waals surface area contributed by atoms with Crippen LogP contribution in [0.4, 0.5) is 0 Å². The van der Waals surface area contributed by atoms with Crippen LogP contribution in [-0.4, -0.2) is 0 Å². The van der Waals surface area contributed by atoms with E-state index in [0.29, 0.717) is 0 Å². The predicted octanol–water partition coefficient (Wildman–Crippen LogP) is 4.61. The molecule has 0 atom stereocenters. The molecule has 0 unspecified atom stereocenters. The van der Waals surface area contributed by atoms with Crippen molar-refractivity contribution in [2.45, 2.75) is 58.3 Å². The van der Waals surface area contributed by atoms with Crippen LogP contribution in [0.2, 0.25) is 0 Å². The van der Waals surface area contributed by atoms with Crippen molar-refractivity contribution in [1.82, 2.24) is 0 Å². The van der Waals surface area contributed by atoms with Gasteiger partial charge < -0.3 is 0 Å². The molecule has 0 aliphatic heterocycles. The summed E-state index contributed by atoms with van der Waals surface area (Å²) < 4.78 is 0. The minimum Gasteiger partial charge on any atom is -0.0613 e. The van der Waals surface area contributed by atoms with Gasteiger partial charge in [-0.3, -0.25) is 0 Å². The van der Waals surface area contributed by atoms with E-state index in [9.17, 15) is 0 Å². The molecule has 1 aliphatic rings. The van der Waals surface area contributed by atoms with Gasteiger partial charge in [0.2, 0.25) is 0 Å². The van der Waals surface area contributed by atoms with Gasteiger partial charge in [-0.1, -0.05) is 44.4 Å². The van der Waals surface area contributed by atoms with Gasteiger partial charge in [-0.2, -0.15) is 0 Å². The number of hydrogen-bond acceptors (Lipinski definition) is 0. The molecule has 0 saturated heterocycles. The minimum atomic E-state index is 0.850. The minimum absolute atomic E-state index is 0.850. The molecular formula is C15H22. The molecule has 2 rings (SSSR count). The van der Waals surface area contributed by atoms with Crippen molar-refractivity contribution in [3.8, 4) is 0 Å². The van der Waals surface area contributed by atoms with Gasteiger partial charge in [0.15, 0.2) is 0 Å². The lowest BCUT2D eigenvalue weighted by atomic mass is 9.83. The lowest BCUT2D eigenvalue weighted by Crippen LogP contribution is -2.05. The summed E-state index contributed by atoms with van der Waals surface area (Å²) in [5, 5.41) is 0. The second-order valence-corrected chi connectivity index (χ2v) is 4.87. The summed E-state index contributed by atoms with van der Waals surface area (Å²) in [4.78, 5) is 0. The predicted molar refractivity (Wildman–Crippen MR) is 66.4 cm³/mol. The molecule has 0 amide bonds. The summed E-state index contributed by atoms with van der Waals surface area (Å²) in [5.41, 5.74) is 4.58. The Hall–Kier alpha value is -0.780. The largest absolute Gasteiger partial charge is 0.0613 e. The molecule has 1 fully saturated rings. The van der Waals surface area contributed by atoms with E-state index in [0.717, 1.165) is 12.3 Å². The Morgan fingerprint density at radius 2 is 1.87 bits per heavy atom. The number of hydrogen-bond donors (Lipinski definition) is 0. The molecule has 0 spiro atoms. The maximum absolute atomic E-state index is 2.43. The zero-order chi connectivity index (χ0) is 10.7. The molecule has 0 nitrogen and oxygen atoms in total. The molecule has 1 aliphatic carbocycles. The summed E-state index contributed by atoms with van der Waals surface area (Å²) in [6, 6.07) is 7.12. The Morgan fingerprint density at radius 3 is 2.47 bits per heavy atom. The molecule has 1 saturated carbocycles. The van der Waals surface area contributed by atoms with Gasteiger partial charge in [0.05, 0.1) is 0 Å². The monoisotopic (exact) mass is 202 g/mol. The molecule has 0 aromatic heterocycles. The molecule has 0 bridgehead atoms. The summed E-state index contributed by atoms with van der Waals surface area (Å²) in [7, 11) is 0. The third kappa shape index (κ3) is 2.42. The second kappa shape index (κ2) is 4.83. The van der Waals surface area contributed by atoms with Crippen LogP contribution in [0.5, 0.6) is 0 Å². The SMILES string of the molecule is CCc1ccc(C2CCCCC2)cc1C. The highest BCUT2D eigenvalue weighted by Gasteiger charge is 2.15. The van der Waals surface area contributed by atoms with Gasteiger partial charge in [-0.25, -0.2) is 0 Å². The fraction of sp³-hybridized carbons (Fsp3) is 0.600. The van der Waals surface area contributed by atoms with E-state index in [1.165, 1.54) is 43.2 Å². The van der Waals surface area contributed by atoms with Crippen molar-refractivity contribution >= 4 is 0 Å². The fourth-order valence-electron chi connectivity index (χ4n) is 2.81. The lowest BCUT2D eigenvalue weighted by Gasteiger charge is -2.22. The highest BCUT2D eigenvalue weighted by molar-refractivity contribution is 5.33. The Morgan fingerprint density at radius 1 is 1.13 bits per heavy atom. The number of rotatable bonds is 2. The first-order valence-corrected chi connectivity index (χ1v) is 6.40. The summed E-state index contributed by atoms with van der Waals surface area (Å²) in [6.45, 7) is 4.49. The molecule has 15 heavy (non-hydrogen) atoms. The second-order valence-electron chi connectivity index (χ2n) is 4.87. The fourth-order valence-corrected chi connectivity index (χ4v) is 2.81. The molecule has 82 valence electrons. The first kappa shape index (κ1) is 10.7. The number of benzene rings is 1. The average molecular weight is 202 g/mol. The Kier molecular flexibility index (Phi) is 3.45. The van der Waals surface area contributed by atoms with Crippen LogP contribution < -0.4 is 0 Å².